The predicted octanol–water partition coefficient (Wildman–Crippen LogP) is 1.16. The fourth-order valence-electron chi connectivity index (χ4n) is 1.77. The van der Waals surface area contributed by atoms with Gasteiger partial charge in [0.1, 0.15) is 5.92 Å². The van der Waals surface area contributed by atoms with Gasteiger partial charge in [0.05, 0.1) is 19.8 Å². The summed E-state index contributed by atoms with van der Waals surface area (Å²) in [5, 5.41) is -0.420. The molecule has 94 valence electrons. The molecule has 1 heterocycles. The maximum absolute atomic E-state index is 11.6. The van der Waals surface area contributed by atoms with E-state index in [1.807, 2.05) is 0 Å². The van der Waals surface area contributed by atoms with Crippen molar-refractivity contribution in [3.8, 4) is 0 Å². The van der Waals surface area contributed by atoms with E-state index in [2.05, 4.69) is 14.5 Å². The van der Waals surface area contributed by atoms with Crippen LogP contribution in [0.4, 0.5) is 0 Å². The molecule has 0 aromatic rings. The third kappa shape index (κ3) is 2.85. The second kappa shape index (κ2) is 5.82. The molecule has 0 aromatic carbocycles. The first kappa shape index (κ1) is 13.7. The molecule has 0 saturated carbocycles. The lowest BCUT2D eigenvalue weighted by Gasteiger charge is -2.27. The van der Waals surface area contributed by atoms with Crippen LogP contribution in [-0.4, -0.2) is 37.7 Å². The topological polar surface area (TPSA) is 65.0 Å². The number of hydrogen-bond acceptors (Lipinski definition) is 5. The zero-order valence-electron chi connectivity index (χ0n) is 9.84. The van der Waals surface area contributed by atoms with Gasteiger partial charge in [-0.05, 0) is 6.92 Å². The summed E-state index contributed by atoms with van der Waals surface area (Å²) >= 11 is 6.03. The Morgan fingerprint density at radius 1 is 1.41 bits per heavy atom. The highest BCUT2D eigenvalue weighted by molar-refractivity contribution is 6.21. The zero-order valence-corrected chi connectivity index (χ0v) is 10.6. The van der Waals surface area contributed by atoms with Crippen molar-refractivity contribution >= 4 is 29.8 Å². The molecule has 0 saturated heterocycles. The van der Waals surface area contributed by atoms with Crippen molar-refractivity contribution < 1.29 is 19.1 Å². The number of carbonyl (C=O) groups is 2. The van der Waals surface area contributed by atoms with Crippen LogP contribution in [0.25, 0.3) is 0 Å². The van der Waals surface area contributed by atoms with E-state index in [1.165, 1.54) is 26.6 Å². The van der Waals surface area contributed by atoms with Gasteiger partial charge in [-0.15, -0.1) is 11.6 Å². The van der Waals surface area contributed by atoms with Gasteiger partial charge in [0.2, 0.25) is 0 Å². The Labute approximate surface area is 104 Å². The largest absolute Gasteiger partial charge is 0.469 e. The quantitative estimate of drug-likeness (QED) is 0.564. The Hall–Kier alpha value is -1.36. The Bertz CT molecular complexity index is 376. The SMILES string of the molecule is COC(=O)C1=CN=CC(C(=O)OC)C1C(C)Cl. The summed E-state index contributed by atoms with van der Waals surface area (Å²) < 4.78 is 9.30. The smallest absolute Gasteiger partial charge is 0.335 e. The van der Waals surface area contributed by atoms with Crippen molar-refractivity contribution in [3.63, 3.8) is 0 Å². The number of nitrogens with zero attached hydrogens (tertiary/aromatic N) is 1. The van der Waals surface area contributed by atoms with Gasteiger partial charge in [-0.2, -0.15) is 0 Å². The second-order valence-corrected chi connectivity index (χ2v) is 4.31. The number of methoxy groups -OCH3 is 2. The molecule has 3 unspecified atom stereocenters. The molecule has 0 amide bonds. The Morgan fingerprint density at radius 2 is 2.06 bits per heavy atom. The first-order chi connectivity index (χ1) is 8.02. The number of halogens is 1. The van der Waals surface area contributed by atoms with E-state index in [9.17, 15) is 9.59 Å². The highest BCUT2D eigenvalue weighted by Gasteiger charge is 2.38. The minimum Gasteiger partial charge on any atom is -0.469 e. The van der Waals surface area contributed by atoms with E-state index >= 15 is 0 Å². The summed E-state index contributed by atoms with van der Waals surface area (Å²) in [6.07, 6.45) is 2.80. The minimum absolute atomic E-state index is 0.285. The van der Waals surface area contributed by atoms with Crippen molar-refractivity contribution in [1.29, 1.82) is 0 Å². The summed E-state index contributed by atoms with van der Waals surface area (Å²) in [4.78, 5) is 27.0. The molecule has 1 rings (SSSR count). The number of hydrogen-bond donors (Lipinski definition) is 0. The van der Waals surface area contributed by atoms with Crippen LogP contribution in [0.1, 0.15) is 6.92 Å². The Kier molecular flexibility index (Phi) is 4.69. The second-order valence-electron chi connectivity index (χ2n) is 3.63. The predicted molar refractivity (Wildman–Crippen MR) is 62.9 cm³/mol. The van der Waals surface area contributed by atoms with Crippen LogP contribution in [0.15, 0.2) is 16.8 Å². The van der Waals surface area contributed by atoms with E-state index in [-0.39, 0.29) is 5.57 Å². The highest BCUT2D eigenvalue weighted by atomic mass is 35.5. The van der Waals surface area contributed by atoms with Crippen LogP contribution < -0.4 is 0 Å². The van der Waals surface area contributed by atoms with Crippen LogP contribution in [0.3, 0.4) is 0 Å². The van der Waals surface area contributed by atoms with Gasteiger partial charge in [-0.3, -0.25) is 9.79 Å². The monoisotopic (exact) mass is 259 g/mol. The fourth-order valence-corrected chi connectivity index (χ4v) is 2.06. The Balaban J connectivity index is 3.06. The van der Waals surface area contributed by atoms with Crippen molar-refractivity contribution in [2.75, 3.05) is 14.2 Å². The lowest BCUT2D eigenvalue weighted by Crippen LogP contribution is -2.36. The first-order valence-electron chi connectivity index (χ1n) is 5.06. The van der Waals surface area contributed by atoms with E-state index < -0.39 is 29.2 Å². The standard InChI is InChI=1S/C11H14ClNO4/c1-6(12)9-7(10(14)16-2)4-13-5-8(9)11(15)17-3/h4-7,9H,1-3H3. The summed E-state index contributed by atoms with van der Waals surface area (Å²) in [6.45, 7) is 1.71. The lowest BCUT2D eigenvalue weighted by molar-refractivity contribution is -0.144. The lowest BCUT2D eigenvalue weighted by atomic mass is 9.83. The van der Waals surface area contributed by atoms with Crippen molar-refractivity contribution in [2.45, 2.75) is 12.3 Å². The Morgan fingerprint density at radius 3 is 2.53 bits per heavy atom. The molecule has 0 fully saturated rings. The molecule has 1 aliphatic rings. The number of esters is 2. The van der Waals surface area contributed by atoms with Crippen molar-refractivity contribution in [3.05, 3.63) is 11.8 Å². The molecule has 0 aliphatic carbocycles. The molecule has 0 radical (unpaired) electrons. The normalized spacial score (nSPS) is 24.8. The maximum atomic E-state index is 11.6. The summed E-state index contributed by atoms with van der Waals surface area (Å²) in [6, 6.07) is 0. The number of aliphatic imine (C=N–C) groups is 1. The number of alkyl halides is 1. The van der Waals surface area contributed by atoms with E-state index in [4.69, 9.17) is 11.6 Å². The van der Waals surface area contributed by atoms with Crippen LogP contribution in [-0.2, 0) is 19.1 Å². The highest BCUT2D eigenvalue weighted by Crippen LogP contribution is 2.31. The van der Waals surface area contributed by atoms with Crippen molar-refractivity contribution in [1.82, 2.24) is 0 Å². The van der Waals surface area contributed by atoms with Crippen LogP contribution >= 0.6 is 11.6 Å². The molecule has 5 nitrogen and oxygen atoms in total. The average Bonchev–Trinajstić information content (AvgIpc) is 2.35. The van der Waals surface area contributed by atoms with Gasteiger partial charge >= 0.3 is 11.9 Å². The number of carbonyl (C=O) groups excluding carboxylic acids is 2. The summed E-state index contributed by atoms with van der Waals surface area (Å²) in [5.41, 5.74) is 0.285. The molecule has 0 bridgehead atoms. The van der Waals surface area contributed by atoms with Gasteiger partial charge in [-0.1, -0.05) is 0 Å². The van der Waals surface area contributed by atoms with E-state index in [0.717, 1.165) is 0 Å². The minimum atomic E-state index is -0.661. The first-order valence-corrected chi connectivity index (χ1v) is 5.50. The van der Waals surface area contributed by atoms with E-state index in [1.54, 1.807) is 6.92 Å². The third-order valence-electron chi connectivity index (χ3n) is 2.60. The molecule has 0 aromatic heterocycles. The summed E-state index contributed by atoms with van der Waals surface area (Å²) in [7, 11) is 2.55. The zero-order chi connectivity index (χ0) is 13.0. The van der Waals surface area contributed by atoms with Crippen LogP contribution in [0.2, 0.25) is 0 Å². The van der Waals surface area contributed by atoms with Gasteiger partial charge in [0.15, 0.2) is 0 Å². The van der Waals surface area contributed by atoms with E-state index in [0.29, 0.717) is 0 Å². The van der Waals surface area contributed by atoms with Gasteiger partial charge in [0.25, 0.3) is 0 Å². The van der Waals surface area contributed by atoms with Crippen molar-refractivity contribution in [2.24, 2.45) is 16.8 Å². The molecule has 17 heavy (non-hydrogen) atoms. The summed E-state index contributed by atoms with van der Waals surface area (Å²) in [5.74, 6) is -2.16. The average molecular weight is 260 g/mol. The van der Waals surface area contributed by atoms with Gasteiger partial charge in [-0.25, -0.2) is 4.79 Å². The van der Waals surface area contributed by atoms with Gasteiger partial charge in [0, 0.05) is 23.7 Å². The third-order valence-corrected chi connectivity index (χ3v) is 2.87. The van der Waals surface area contributed by atoms with Crippen LogP contribution in [0, 0.1) is 11.8 Å². The van der Waals surface area contributed by atoms with Gasteiger partial charge < -0.3 is 9.47 Å². The maximum Gasteiger partial charge on any atom is 0.335 e. The molecular weight excluding hydrogens is 246 g/mol. The number of ether oxygens (including phenoxy) is 2. The fraction of sp³-hybridized carbons (Fsp3) is 0.545. The molecule has 0 spiro atoms. The molecule has 6 heteroatoms. The number of rotatable bonds is 3. The molecule has 0 N–H and O–H groups in total. The molecular formula is C11H14ClNO4. The molecule has 3 atom stereocenters. The van der Waals surface area contributed by atoms with Crippen LogP contribution in [0.5, 0.6) is 0 Å². The molecule has 1 aliphatic heterocycles.